The molecule has 0 atom stereocenters. The second kappa shape index (κ2) is 4.58. The van der Waals surface area contributed by atoms with Crippen molar-refractivity contribution < 1.29 is 9.90 Å². The van der Waals surface area contributed by atoms with Crippen LogP contribution in [0.3, 0.4) is 0 Å². The van der Waals surface area contributed by atoms with Crippen molar-refractivity contribution in [2.45, 2.75) is 11.8 Å². The summed E-state index contributed by atoms with van der Waals surface area (Å²) in [5.41, 5.74) is 0.814. The van der Waals surface area contributed by atoms with Gasteiger partial charge in [-0.05, 0) is 31.4 Å². The molecule has 6 heteroatoms. The fourth-order valence-corrected chi connectivity index (χ4v) is 1.92. The highest BCUT2D eigenvalue weighted by Crippen LogP contribution is 2.18. The lowest BCUT2D eigenvalue weighted by Crippen LogP contribution is -2.02. The van der Waals surface area contributed by atoms with E-state index in [-0.39, 0.29) is 5.82 Å². The summed E-state index contributed by atoms with van der Waals surface area (Å²) in [6.07, 6.45) is 1.98. The van der Waals surface area contributed by atoms with Crippen LogP contribution in [0, 0.1) is 6.92 Å². The lowest BCUT2D eigenvalue weighted by Gasteiger charge is -2.04. The summed E-state index contributed by atoms with van der Waals surface area (Å²) in [5, 5.41) is 12.8. The van der Waals surface area contributed by atoms with Crippen LogP contribution in [0.4, 0.5) is 0 Å². The summed E-state index contributed by atoms with van der Waals surface area (Å²) >= 11 is 1.62. The molecule has 0 radical (unpaired) electrons. The fraction of sp³-hybridized carbons (Fsp3) is 0.182. The van der Waals surface area contributed by atoms with E-state index in [1.165, 1.54) is 4.68 Å². The number of aromatic carboxylic acids is 1. The number of carbonyl (C=O) groups is 1. The van der Waals surface area contributed by atoms with Crippen molar-refractivity contribution in [3.63, 3.8) is 0 Å². The predicted molar refractivity (Wildman–Crippen MR) is 64.8 cm³/mol. The van der Waals surface area contributed by atoms with Crippen LogP contribution in [0.1, 0.15) is 16.4 Å². The van der Waals surface area contributed by atoms with Crippen LogP contribution in [0.2, 0.25) is 0 Å². The molecule has 0 saturated heterocycles. The van der Waals surface area contributed by atoms with Crippen molar-refractivity contribution in [2.24, 2.45) is 0 Å². The Morgan fingerprint density at radius 2 is 2.24 bits per heavy atom. The first kappa shape index (κ1) is 11.7. The van der Waals surface area contributed by atoms with E-state index in [9.17, 15) is 4.79 Å². The summed E-state index contributed by atoms with van der Waals surface area (Å²) < 4.78 is 1.53. The molecule has 1 N–H and O–H groups in total. The first-order valence-corrected chi connectivity index (χ1v) is 6.15. The zero-order valence-electron chi connectivity index (χ0n) is 9.41. The highest BCUT2D eigenvalue weighted by Gasteiger charge is 2.13. The normalized spacial score (nSPS) is 10.5. The molecule has 17 heavy (non-hydrogen) atoms. The lowest BCUT2D eigenvalue weighted by molar-refractivity contribution is 0.0683. The highest BCUT2D eigenvalue weighted by atomic mass is 32.2. The van der Waals surface area contributed by atoms with Crippen LogP contribution in [0.5, 0.6) is 0 Å². The summed E-state index contributed by atoms with van der Waals surface area (Å²) in [5.74, 6) is -0.745. The van der Waals surface area contributed by atoms with E-state index < -0.39 is 5.97 Å². The summed E-state index contributed by atoms with van der Waals surface area (Å²) in [4.78, 5) is 15.8. The van der Waals surface area contributed by atoms with Crippen molar-refractivity contribution in [1.82, 2.24) is 14.8 Å². The SMILES string of the molecule is CSc1cccc(-n2nc(C(=O)O)nc2C)c1. The molecule has 2 aromatic rings. The lowest BCUT2D eigenvalue weighted by atomic mass is 10.3. The maximum absolute atomic E-state index is 10.8. The van der Waals surface area contributed by atoms with Crippen LogP contribution in [0.15, 0.2) is 29.2 Å². The van der Waals surface area contributed by atoms with Gasteiger partial charge in [-0.1, -0.05) is 6.07 Å². The number of nitrogens with zero attached hydrogens (tertiary/aromatic N) is 3. The number of aromatic nitrogens is 3. The van der Waals surface area contributed by atoms with Crippen LogP contribution in [-0.4, -0.2) is 32.1 Å². The minimum atomic E-state index is -1.12. The smallest absolute Gasteiger partial charge is 0.375 e. The van der Waals surface area contributed by atoms with Gasteiger partial charge in [0.1, 0.15) is 5.82 Å². The first-order valence-electron chi connectivity index (χ1n) is 4.93. The molecule has 1 aromatic carbocycles. The maximum Gasteiger partial charge on any atom is 0.375 e. The maximum atomic E-state index is 10.8. The Bertz CT molecular complexity index is 566. The van der Waals surface area contributed by atoms with E-state index in [1.54, 1.807) is 18.7 Å². The number of hydrogen-bond donors (Lipinski definition) is 1. The molecule has 0 aliphatic rings. The fourth-order valence-electron chi connectivity index (χ4n) is 1.47. The van der Waals surface area contributed by atoms with Gasteiger partial charge < -0.3 is 5.11 Å². The van der Waals surface area contributed by atoms with Crippen LogP contribution in [0.25, 0.3) is 5.69 Å². The number of carboxylic acid groups (broad SMARTS) is 1. The first-order chi connectivity index (χ1) is 8.11. The molecule has 0 amide bonds. The van der Waals surface area contributed by atoms with Crippen LogP contribution < -0.4 is 0 Å². The number of carboxylic acids is 1. The van der Waals surface area contributed by atoms with Crippen molar-refractivity contribution in [2.75, 3.05) is 6.26 Å². The number of rotatable bonds is 3. The Hall–Kier alpha value is -1.82. The molecule has 0 spiro atoms. The Kier molecular flexibility index (Phi) is 3.14. The Morgan fingerprint density at radius 1 is 1.47 bits per heavy atom. The van der Waals surface area contributed by atoms with E-state index in [1.807, 2.05) is 30.5 Å². The third kappa shape index (κ3) is 2.31. The molecule has 0 bridgehead atoms. The Balaban J connectivity index is 2.48. The Morgan fingerprint density at radius 3 is 2.82 bits per heavy atom. The van der Waals surface area contributed by atoms with Gasteiger partial charge in [0.2, 0.25) is 0 Å². The second-order valence-corrected chi connectivity index (χ2v) is 4.28. The molecule has 0 aliphatic heterocycles. The van der Waals surface area contributed by atoms with Gasteiger partial charge >= 0.3 is 5.97 Å². The quantitative estimate of drug-likeness (QED) is 0.842. The van der Waals surface area contributed by atoms with Crippen molar-refractivity contribution in [3.8, 4) is 5.69 Å². The third-order valence-corrected chi connectivity index (χ3v) is 2.98. The molecule has 2 rings (SSSR count). The molecule has 0 unspecified atom stereocenters. The largest absolute Gasteiger partial charge is 0.475 e. The Labute approximate surface area is 102 Å². The van der Waals surface area contributed by atoms with Gasteiger partial charge in [0, 0.05) is 4.90 Å². The van der Waals surface area contributed by atoms with Gasteiger partial charge in [-0.15, -0.1) is 16.9 Å². The molecule has 1 aromatic heterocycles. The predicted octanol–water partition coefficient (Wildman–Crippen LogP) is 2.00. The molecule has 0 saturated carbocycles. The minimum absolute atomic E-state index is 0.183. The van der Waals surface area contributed by atoms with E-state index in [0.29, 0.717) is 5.82 Å². The number of hydrogen-bond acceptors (Lipinski definition) is 4. The van der Waals surface area contributed by atoms with Gasteiger partial charge in [-0.25, -0.2) is 14.5 Å². The topological polar surface area (TPSA) is 68.0 Å². The summed E-state index contributed by atoms with van der Waals surface area (Å²) in [6.45, 7) is 1.73. The van der Waals surface area contributed by atoms with Gasteiger partial charge in [0.05, 0.1) is 5.69 Å². The third-order valence-electron chi connectivity index (χ3n) is 2.26. The summed E-state index contributed by atoms with van der Waals surface area (Å²) in [6, 6.07) is 7.70. The van der Waals surface area contributed by atoms with Gasteiger partial charge in [0.25, 0.3) is 5.82 Å². The number of thioether (sulfide) groups is 1. The van der Waals surface area contributed by atoms with Crippen LogP contribution in [-0.2, 0) is 0 Å². The summed E-state index contributed by atoms with van der Waals surface area (Å²) in [7, 11) is 0. The molecule has 0 aliphatic carbocycles. The van der Waals surface area contributed by atoms with Crippen molar-refractivity contribution in [1.29, 1.82) is 0 Å². The molecule has 1 heterocycles. The molecule has 0 fully saturated rings. The van der Waals surface area contributed by atoms with Crippen LogP contribution >= 0.6 is 11.8 Å². The number of benzene rings is 1. The zero-order chi connectivity index (χ0) is 12.4. The standard InChI is InChI=1S/C11H11N3O2S/c1-7-12-10(11(15)16)13-14(7)8-4-3-5-9(6-8)17-2/h3-6H,1-2H3,(H,15,16). The van der Waals surface area contributed by atoms with Crippen molar-refractivity contribution >= 4 is 17.7 Å². The van der Waals surface area contributed by atoms with Gasteiger partial charge in [-0.2, -0.15) is 0 Å². The van der Waals surface area contributed by atoms with Crippen molar-refractivity contribution in [3.05, 3.63) is 35.9 Å². The zero-order valence-corrected chi connectivity index (χ0v) is 10.2. The van der Waals surface area contributed by atoms with E-state index in [2.05, 4.69) is 10.1 Å². The monoisotopic (exact) mass is 249 g/mol. The van der Waals surface area contributed by atoms with Gasteiger partial charge in [-0.3, -0.25) is 0 Å². The second-order valence-electron chi connectivity index (χ2n) is 3.40. The molecular formula is C11H11N3O2S. The van der Waals surface area contributed by atoms with Gasteiger partial charge in [0.15, 0.2) is 0 Å². The van der Waals surface area contributed by atoms with E-state index in [4.69, 9.17) is 5.11 Å². The van der Waals surface area contributed by atoms with E-state index >= 15 is 0 Å². The highest BCUT2D eigenvalue weighted by molar-refractivity contribution is 7.98. The number of aryl methyl sites for hydroxylation is 1. The molecular weight excluding hydrogens is 238 g/mol. The molecule has 5 nitrogen and oxygen atoms in total. The minimum Gasteiger partial charge on any atom is -0.475 e. The van der Waals surface area contributed by atoms with E-state index in [0.717, 1.165) is 10.6 Å². The average molecular weight is 249 g/mol. The average Bonchev–Trinajstić information content (AvgIpc) is 2.72. The molecule has 88 valence electrons.